The standard InChI is InChI=1S/C11H9Br2N3O4S/c1-5-9(4-14-15-5)21(19,20)16-10-7(11(17)18)2-6(12)3-8(10)13/h2-4,16H,1H3,(H,14,15)(H,17,18). The van der Waals surface area contributed by atoms with E-state index in [1.807, 2.05) is 0 Å². The topological polar surface area (TPSA) is 112 Å². The van der Waals surface area contributed by atoms with E-state index in [0.717, 1.165) is 6.20 Å². The fourth-order valence-corrected chi connectivity index (χ4v) is 4.34. The third-order valence-electron chi connectivity index (χ3n) is 2.60. The number of aromatic nitrogens is 2. The molecular weight excluding hydrogens is 430 g/mol. The molecule has 21 heavy (non-hydrogen) atoms. The molecule has 0 fully saturated rings. The molecule has 1 aromatic carbocycles. The maximum atomic E-state index is 12.3. The molecule has 0 saturated heterocycles. The molecule has 0 spiro atoms. The Hall–Kier alpha value is -1.39. The lowest BCUT2D eigenvalue weighted by molar-refractivity contribution is 0.0698. The molecule has 0 amide bonds. The summed E-state index contributed by atoms with van der Waals surface area (Å²) in [6.45, 7) is 1.55. The Kier molecular flexibility index (Phi) is 4.40. The van der Waals surface area contributed by atoms with Crippen molar-refractivity contribution in [3.63, 3.8) is 0 Å². The van der Waals surface area contributed by atoms with Gasteiger partial charge in [-0.2, -0.15) is 5.10 Å². The Morgan fingerprint density at radius 1 is 1.38 bits per heavy atom. The van der Waals surface area contributed by atoms with E-state index in [1.165, 1.54) is 6.07 Å². The number of carboxylic acid groups (broad SMARTS) is 1. The Labute approximate surface area is 137 Å². The van der Waals surface area contributed by atoms with Gasteiger partial charge in [0.2, 0.25) is 0 Å². The van der Waals surface area contributed by atoms with Gasteiger partial charge in [-0.05, 0) is 35.0 Å². The third kappa shape index (κ3) is 3.27. The lowest BCUT2D eigenvalue weighted by Gasteiger charge is -2.12. The average Bonchev–Trinajstić information content (AvgIpc) is 2.79. The van der Waals surface area contributed by atoms with Crippen LogP contribution in [0.4, 0.5) is 5.69 Å². The molecule has 10 heteroatoms. The Balaban J connectivity index is 2.54. The molecule has 0 aliphatic rings. The molecule has 2 rings (SSSR count). The number of nitrogens with one attached hydrogen (secondary N) is 2. The van der Waals surface area contributed by atoms with Gasteiger partial charge in [0, 0.05) is 8.95 Å². The van der Waals surface area contributed by atoms with Gasteiger partial charge in [0.25, 0.3) is 10.0 Å². The van der Waals surface area contributed by atoms with E-state index in [1.54, 1.807) is 13.0 Å². The van der Waals surface area contributed by atoms with Crippen molar-refractivity contribution in [3.05, 3.63) is 38.5 Å². The summed E-state index contributed by atoms with van der Waals surface area (Å²) >= 11 is 6.32. The summed E-state index contributed by atoms with van der Waals surface area (Å²) in [4.78, 5) is 11.2. The maximum absolute atomic E-state index is 12.3. The fourth-order valence-electron chi connectivity index (χ4n) is 1.65. The van der Waals surface area contributed by atoms with Crippen LogP contribution in [0, 0.1) is 6.92 Å². The molecule has 3 N–H and O–H groups in total. The first kappa shape index (κ1) is 16.0. The van der Waals surface area contributed by atoms with Crippen LogP contribution in [0.3, 0.4) is 0 Å². The summed E-state index contributed by atoms with van der Waals surface area (Å²) in [6.07, 6.45) is 1.16. The summed E-state index contributed by atoms with van der Waals surface area (Å²) in [5, 5.41) is 15.4. The number of aromatic carboxylic acids is 1. The van der Waals surface area contributed by atoms with Crippen LogP contribution in [0.5, 0.6) is 0 Å². The predicted molar refractivity (Wildman–Crippen MR) is 82.9 cm³/mol. The highest BCUT2D eigenvalue weighted by Crippen LogP contribution is 2.32. The van der Waals surface area contributed by atoms with Crippen LogP contribution in [0.2, 0.25) is 0 Å². The number of halogens is 2. The van der Waals surface area contributed by atoms with E-state index in [2.05, 4.69) is 46.8 Å². The zero-order valence-corrected chi connectivity index (χ0v) is 14.5. The Bertz CT molecular complexity index is 817. The van der Waals surface area contributed by atoms with Crippen molar-refractivity contribution in [2.45, 2.75) is 11.8 Å². The van der Waals surface area contributed by atoms with Crippen LogP contribution in [-0.4, -0.2) is 29.7 Å². The SMILES string of the molecule is Cc1[nH]ncc1S(=O)(=O)Nc1c(Br)cc(Br)cc1C(=O)O. The van der Waals surface area contributed by atoms with Crippen molar-refractivity contribution in [1.82, 2.24) is 10.2 Å². The van der Waals surface area contributed by atoms with Gasteiger partial charge in [0.05, 0.1) is 23.1 Å². The van der Waals surface area contributed by atoms with Crippen LogP contribution >= 0.6 is 31.9 Å². The third-order valence-corrected chi connectivity index (χ3v) is 5.14. The first-order valence-corrected chi connectivity index (χ1v) is 8.54. The first-order valence-electron chi connectivity index (χ1n) is 5.47. The number of aromatic amines is 1. The molecule has 0 unspecified atom stereocenters. The molecule has 0 aliphatic carbocycles. The molecule has 0 radical (unpaired) electrons. The van der Waals surface area contributed by atoms with Gasteiger partial charge >= 0.3 is 5.97 Å². The lowest BCUT2D eigenvalue weighted by Crippen LogP contribution is -2.16. The molecule has 0 bridgehead atoms. The van der Waals surface area contributed by atoms with Crippen molar-refractivity contribution in [1.29, 1.82) is 0 Å². The Morgan fingerprint density at radius 3 is 2.57 bits per heavy atom. The number of hydrogen-bond acceptors (Lipinski definition) is 4. The number of nitrogens with zero attached hydrogens (tertiary/aromatic N) is 1. The molecule has 2 aromatic rings. The first-order chi connectivity index (χ1) is 9.72. The van der Waals surface area contributed by atoms with E-state index in [-0.39, 0.29) is 16.1 Å². The average molecular weight is 439 g/mol. The summed E-state index contributed by atoms with van der Waals surface area (Å²) < 4.78 is 27.7. The van der Waals surface area contributed by atoms with Gasteiger partial charge in [-0.1, -0.05) is 15.9 Å². The number of carboxylic acids is 1. The second kappa shape index (κ2) is 5.78. The van der Waals surface area contributed by atoms with Crippen LogP contribution in [0.15, 0.2) is 32.2 Å². The van der Waals surface area contributed by atoms with E-state index in [4.69, 9.17) is 0 Å². The second-order valence-electron chi connectivity index (χ2n) is 4.08. The van der Waals surface area contributed by atoms with Crippen molar-refractivity contribution >= 4 is 53.5 Å². The van der Waals surface area contributed by atoms with Gasteiger partial charge in [-0.3, -0.25) is 9.82 Å². The highest BCUT2D eigenvalue weighted by molar-refractivity contribution is 9.11. The van der Waals surface area contributed by atoms with E-state index < -0.39 is 16.0 Å². The van der Waals surface area contributed by atoms with Crippen molar-refractivity contribution < 1.29 is 18.3 Å². The highest BCUT2D eigenvalue weighted by atomic mass is 79.9. The van der Waals surface area contributed by atoms with Crippen LogP contribution in [0.1, 0.15) is 16.1 Å². The monoisotopic (exact) mass is 437 g/mol. The highest BCUT2D eigenvalue weighted by Gasteiger charge is 2.23. The van der Waals surface area contributed by atoms with E-state index in [0.29, 0.717) is 14.6 Å². The van der Waals surface area contributed by atoms with Crippen molar-refractivity contribution in [3.8, 4) is 0 Å². The van der Waals surface area contributed by atoms with Crippen LogP contribution in [-0.2, 0) is 10.0 Å². The van der Waals surface area contributed by atoms with Crippen LogP contribution in [0.25, 0.3) is 0 Å². The smallest absolute Gasteiger partial charge is 0.337 e. The zero-order valence-electron chi connectivity index (χ0n) is 10.5. The largest absolute Gasteiger partial charge is 0.478 e. The molecule has 0 atom stereocenters. The van der Waals surface area contributed by atoms with Crippen LogP contribution < -0.4 is 4.72 Å². The quantitative estimate of drug-likeness (QED) is 0.679. The molecule has 0 saturated carbocycles. The number of anilines is 1. The minimum atomic E-state index is -3.94. The summed E-state index contributed by atoms with van der Waals surface area (Å²) in [7, 11) is -3.94. The number of sulfonamides is 1. The Morgan fingerprint density at radius 2 is 2.05 bits per heavy atom. The van der Waals surface area contributed by atoms with Gasteiger partial charge < -0.3 is 5.11 Å². The molecule has 1 heterocycles. The minimum absolute atomic E-state index is 0.0475. The summed E-state index contributed by atoms with van der Waals surface area (Å²) in [5.74, 6) is -1.25. The summed E-state index contributed by atoms with van der Waals surface area (Å²) in [5.41, 5.74) is 0.125. The van der Waals surface area contributed by atoms with E-state index in [9.17, 15) is 18.3 Å². The molecule has 1 aromatic heterocycles. The number of rotatable bonds is 4. The fraction of sp³-hybridized carbons (Fsp3) is 0.0909. The van der Waals surface area contributed by atoms with Crippen molar-refractivity contribution in [2.75, 3.05) is 4.72 Å². The zero-order chi connectivity index (χ0) is 15.8. The number of carbonyl (C=O) groups is 1. The van der Waals surface area contributed by atoms with Gasteiger partial charge in [0.15, 0.2) is 0 Å². The number of benzene rings is 1. The van der Waals surface area contributed by atoms with Crippen molar-refractivity contribution in [2.24, 2.45) is 0 Å². The van der Waals surface area contributed by atoms with Gasteiger partial charge in [-0.15, -0.1) is 0 Å². The predicted octanol–water partition coefficient (Wildman–Crippen LogP) is 2.74. The number of H-pyrrole nitrogens is 1. The lowest BCUT2D eigenvalue weighted by atomic mass is 10.2. The molecule has 0 aliphatic heterocycles. The van der Waals surface area contributed by atoms with E-state index >= 15 is 0 Å². The number of hydrogen-bond donors (Lipinski definition) is 3. The molecule has 112 valence electrons. The second-order valence-corrected chi connectivity index (χ2v) is 7.50. The van der Waals surface area contributed by atoms with Gasteiger partial charge in [-0.25, -0.2) is 13.2 Å². The molecule has 7 nitrogen and oxygen atoms in total. The number of aryl methyl sites for hydroxylation is 1. The van der Waals surface area contributed by atoms with Gasteiger partial charge in [0.1, 0.15) is 4.90 Å². The normalized spacial score (nSPS) is 11.4. The maximum Gasteiger partial charge on any atom is 0.337 e. The molecular formula is C11H9Br2N3O4S. The summed E-state index contributed by atoms with van der Waals surface area (Å²) in [6, 6.07) is 2.86. The minimum Gasteiger partial charge on any atom is -0.478 e.